The summed E-state index contributed by atoms with van der Waals surface area (Å²) in [7, 11) is 0. The molecule has 0 saturated carbocycles. The highest BCUT2D eigenvalue weighted by atomic mass is 32.2. The number of anilines is 6. The standard InChI is InChI=1S/C22H15N3S.C18H14N2S.C2H6/c23-16-13-19(14-7-1-2-8-15(14)22(16)24)25-17-9-3-5-11-20(17)26-21-12-6-4-10-18(21)25;19-13-9-11-14(12-10-13)20-15-5-1-3-7-17(15)21-18-8-4-2-6-16(18)20;1-2/h1-13,23-24H;1-12H,19H2;1-2H3. The molecule has 0 amide bonds. The minimum Gasteiger partial charge on any atom is -0.399 e. The molecule has 0 radical (unpaired) electrons. The Morgan fingerprint density at radius 1 is 0.469 bits per heavy atom. The maximum Gasteiger partial charge on any atom is 0.0869 e. The number of benzene rings is 6. The lowest BCUT2D eigenvalue weighted by molar-refractivity contribution is 1.17. The summed E-state index contributed by atoms with van der Waals surface area (Å²) >= 11 is 3.59. The van der Waals surface area contributed by atoms with E-state index in [-0.39, 0.29) is 11.4 Å². The Bertz CT molecular complexity index is 2130. The quantitative estimate of drug-likeness (QED) is 0.159. The van der Waals surface area contributed by atoms with E-state index in [1.54, 1.807) is 11.8 Å². The summed E-state index contributed by atoms with van der Waals surface area (Å²) < 4.78 is 0. The first kappa shape index (κ1) is 32.1. The van der Waals surface area contributed by atoms with Crippen molar-refractivity contribution in [2.45, 2.75) is 33.4 Å². The molecule has 6 aromatic carbocycles. The van der Waals surface area contributed by atoms with Gasteiger partial charge in [0.25, 0.3) is 0 Å². The van der Waals surface area contributed by atoms with Crippen LogP contribution in [0.4, 0.5) is 34.1 Å². The molecule has 0 unspecified atom stereocenters. The van der Waals surface area contributed by atoms with Gasteiger partial charge in [-0.2, -0.15) is 0 Å². The van der Waals surface area contributed by atoms with Crippen LogP contribution in [-0.4, -0.2) is 11.4 Å². The van der Waals surface area contributed by atoms with Gasteiger partial charge in [-0.1, -0.05) is 110 Å². The van der Waals surface area contributed by atoms with Crippen LogP contribution in [0, 0.1) is 10.8 Å². The van der Waals surface area contributed by atoms with Crippen molar-refractivity contribution in [3.63, 3.8) is 0 Å². The zero-order valence-corrected chi connectivity index (χ0v) is 28.9. The minimum absolute atomic E-state index is 0.242. The highest BCUT2D eigenvalue weighted by Crippen LogP contribution is 2.52. The first-order valence-corrected chi connectivity index (χ1v) is 17.9. The van der Waals surface area contributed by atoms with Crippen LogP contribution in [0.3, 0.4) is 0 Å². The second-order valence-corrected chi connectivity index (χ2v) is 13.4. The fourth-order valence-corrected chi connectivity index (χ4v) is 8.23. The Morgan fingerprint density at radius 2 is 0.857 bits per heavy atom. The Morgan fingerprint density at radius 3 is 1.33 bits per heavy atom. The van der Waals surface area contributed by atoms with Gasteiger partial charge in [-0.05, 0) is 78.9 Å². The van der Waals surface area contributed by atoms with Gasteiger partial charge in [0.15, 0.2) is 0 Å². The van der Waals surface area contributed by atoms with Crippen molar-refractivity contribution < 1.29 is 0 Å². The fraction of sp³-hybridized carbons (Fsp3) is 0.0476. The Labute approximate surface area is 296 Å². The number of nitrogens with one attached hydrogen (secondary N) is 2. The van der Waals surface area contributed by atoms with E-state index in [2.05, 4.69) is 107 Å². The molecular formula is C42H35N5S2. The molecular weight excluding hydrogens is 639 g/mol. The lowest BCUT2D eigenvalue weighted by Gasteiger charge is -2.36. The number of para-hydroxylation sites is 4. The van der Waals surface area contributed by atoms with Crippen molar-refractivity contribution in [3.8, 4) is 0 Å². The van der Waals surface area contributed by atoms with Crippen molar-refractivity contribution in [3.05, 3.63) is 163 Å². The number of nitrogen functional groups attached to an aromatic ring is 1. The van der Waals surface area contributed by atoms with E-state index >= 15 is 0 Å². The smallest absolute Gasteiger partial charge is 0.0869 e. The molecule has 49 heavy (non-hydrogen) atoms. The van der Waals surface area contributed by atoms with Crippen LogP contribution >= 0.6 is 23.5 Å². The molecule has 0 bridgehead atoms. The van der Waals surface area contributed by atoms with Gasteiger partial charge in [-0.15, -0.1) is 0 Å². The Kier molecular flexibility index (Phi) is 9.11. The Hall–Kier alpha value is -5.50. The largest absolute Gasteiger partial charge is 0.399 e. The van der Waals surface area contributed by atoms with Crippen molar-refractivity contribution >= 4 is 74.8 Å². The molecule has 7 heteroatoms. The summed E-state index contributed by atoms with van der Waals surface area (Å²) in [6.07, 6.45) is 1.81. The van der Waals surface area contributed by atoms with Gasteiger partial charge in [0.05, 0.1) is 39.9 Å². The molecule has 0 atom stereocenters. The second kappa shape index (κ2) is 13.9. The Balaban J connectivity index is 0.000000150. The normalized spacial score (nSPS) is 13.6. The van der Waals surface area contributed by atoms with Gasteiger partial charge in [0.1, 0.15) is 0 Å². The topological polar surface area (TPSA) is 80.2 Å². The third kappa shape index (κ3) is 6.03. The number of nitrogens with zero attached hydrogens (tertiary/aromatic N) is 2. The first-order chi connectivity index (χ1) is 24.1. The predicted octanol–water partition coefficient (Wildman–Crippen LogP) is 12.0. The van der Waals surface area contributed by atoms with Crippen LogP contribution in [0.15, 0.2) is 171 Å². The van der Waals surface area contributed by atoms with Crippen LogP contribution in [0.1, 0.15) is 25.0 Å². The average molecular weight is 674 g/mol. The second-order valence-electron chi connectivity index (χ2n) is 11.2. The zero-order valence-electron chi connectivity index (χ0n) is 27.2. The van der Waals surface area contributed by atoms with E-state index < -0.39 is 0 Å². The molecule has 6 aromatic rings. The summed E-state index contributed by atoms with van der Waals surface area (Å²) in [5.41, 5.74) is 15.6. The van der Waals surface area contributed by atoms with Gasteiger partial charge < -0.3 is 15.5 Å². The molecule has 5 nitrogen and oxygen atoms in total. The fourth-order valence-electron chi connectivity index (χ4n) is 6.11. The van der Waals surface area contributed by atoms with E-state index in [0.717, 1.165) is 39.6 Å². The third-order valence-electron chi connectivity index (χ3n) is 8.28. The highest BCUT2D eigenvalue weighted by molar-refractivity contribution is 8.00. The first-order valence-electron chi connectivity index (χ1n) is 16.2. The lowest BCUT2D eigenvalue weighted by atomic mass is 9.90. The van der Waals surface area contributed by atoms with E-state index in [0.29, 0.717) is 0 Å². The third-order valence-corrected chi connectivity index (χ3v) is 10.5. The van der Waals surface area contributed by atoms with Crippen molar-refractivity contribution in [1.29, 1.82) is 10.8 Å². The monoisotopic (exact) mass is 673 g/mol. The molecule has 0 saturated heterocycles. The van der Waals surface area contributed by atoms with Gasteiger partial charge in [-0.25, -0.2) is 0 Å². The number of hydrogen-bond donors (Lipinski definition) is 3. The van der Waals surface area contributed by atoms with Crippen LogP contribution in [0.2, 0.25) is 0 Å². The van der Waals surface area contributed by atoms with Crippen LogP contribution in [0.25, 0.3) is 5.70 Å². The average Bonchev–Trinajstić information content (AvgIpc) is 3.16. The number of fused-ring (bicyclic) bond motifs is 5. The predicted molar refractivity (Wildman–Crippen MR) is 209 cm³/mol. The summed E-state index contributed by atoms with van der Waals surface area (Å²) in [6.45, 7) is 4.00. The SMILES string of the molecule is CC.N=C1C=C(N2c3ccccc3Sc3ccccc32)c2ccccc2C1=N.Nc1ccc(N2c3ccccc3Sc3ccccc32)cc1. The van der Waals surface area contributed by atoms with Gasteiger partial charge >= 0.3 is 0 Å². The molecule has 1 aliphatic carbocycles. The maximum atomic E-state index is 8.31. The number of rotatable bonds is 2. The van der Waals surface area contributed by atoms with E-state index in [4.69, 9.17) is 16.6 Å². The van der Waals surface area contributed by atoms with Crippen LogP contribution in [-0.2, 0) is 0 Å². The van der Waals surface area contributed by atoms with Gasteiger partial charge in [-0.3, -0.25) is 10.8 Å². The van der Waals surface area contributed by atoms with Gasteiger partial charge in [0, 0.05) is 42.1 Å². The molecule has 240 valence electrons. The number of allylic oxidation sites excluding steroid dienone is 1. The van der Waals surface area contributed by atoms with Crippen molar-refractivity contribution in [2.75, 3.05) is 15.5 Å². The number of nitrogens with two attached hydrogens (primary N) is 1. The molecule has 9 rings (SSSR count). The maximum absolute atomic E-state index is 8.31. The zero-order chi connectivity index (χ0) is 33.9. The lowest BCUT2D eigenvalue weighted by Crippen LogP contribution is -2.26. The molecule has 2 heterocycles. The van der Waals surface area contributed by atoms with E-state index in [1.165, 1.54) is 31.0 Å². The highest BCUT2D eigenvalue weighted by Gasteiger charge is 2.30. The molecule has 0 aromatic heterocycles. The molecule has 2 aliphatic heterocycles. The summed E-state index contributed by atoms with van der Waals surface area (Å²) in [5, 5.41) is 16.6. The van der Waals surface area contributed by atoms with Gasteiger partial charge in [0.2, 0.25) is 0 Å². The number of hydrogen-bond acceptors (Lipinski definition) is 7. The van der Waals surface area contributed by atoms with E-state index in [1.807, 2.05) is 80.2 Å². The molecule has 4 N–H and O–H groups in total. The van der Waals surface area contributed by atoms with Crippen LogP contribution < -0.4 is 15.5 Å². The summed E-state index contributed by atoms with van der Waals surface area (Å²) in [5.74, 6) is 0. The van der Waals surface area contributed by atoms with Crippen molar-refractivity contribution in [1.82, 2.24) is 0 Å². The molecule has 0 spiro atoms. The van der Waals surface area contributed by atoms with E-state index in [9.17, 15) is 0 Å². The van der Waals surface area contributed by atoms with Crippen LogP contribution in [0.5, 0.6) is 0 Å². The summed E-state index contributed by atoms with van der Waals surface area (Å²) in [4.78, 5) is 9.44. The molecule has 0 fully saturated rings. The molecule has 3 aliphatic rings. The summed E-state index contributed by atoms with van der Waals surface area (Å²) in [6, 6.07) is 49.6. The van der Waals surface area contributed by atoms with Crippen molar-refractivity contribution in [2.24, 2.45) is 0 Å². The minimum atomic E-state index is 0.242.